The maximum absolute atomic E-state index is 13.4. The molecule has 0 aliphatic carbocycles. The van der Waals surface area contributed by atoms with Gasteiger partial charge in [-0.3, -0.25) is 9.59 Å². The van der Waals surface area contributed by atoms with Gasteiger partial charge in [-0.15, -0.1) is 0 Å². The molecule has 6 heteroatoms. The van der Waals surface area contributed by atoms with Crippen molar-refractivity contribution in [2.45, 2.75) is 25.5 Å². The normalized spacial score (nSPS) is 17.9. The molecule has 0 fully saturated rings. The van der Waals surface area contributed by atoms with Gasteiger partial charge < -0.3 is 10.0 Å². The molecule has 152 valence electrons. The van der Waals surface area contributed by atoms with Crippen LogP contribution >= 0.6 is 23.2 Å². The van der Waals surface area contributed by atoms with Crippen LogP contribution in [-0.2, 0) is 16.9 Å². The molecular weight excluding hydrogens is 421 g/mol. The van der Waals surface area contributed by atoms with Crippen LogP contribution in [0.15, 0.2) is 66.7 Å². The van der Waals surface area contributed by atoms with E-state index in [2.05, 4.69) is 0 Å². The summed E-state index contributed by atoms with van der Waals surface area (Å²) in [5.74, 6) is -0.953. The van der Waals surface area contributed by atoms with Gasteiger partial charge in [-0.2, -0.15) is 0 Å². The van der Waals surface area contributed by atoms with Gasteiger partial charge in [-0.05, 0) is 42.3 Å². The highest BCUT2D eigenvalue weighted by molar-refractivity contribution is 6.37. The minimum absolute atomic E-state index is 0.187. The van der Waals surface area contributed by atoms with Gasteiger partial charge in [-0.1, -0.05) is 65.7 Å². The Labute approximate surface area is 184 Å². The molecule has 1 aliphatic heterocycles. The number of carbonyl (C=O) groups excluding carboxylic acids is 2. The minimum Gasteiger partial charge on any atom is -0.375 e. The number of Topliss-reactive ketones (excluding diaryl/α,β-unsaturated/α-hetero) is 1. The van der Waals surface area contributed by atoms with Gasteiger partial charge in [-0.25, -0.2) is 0 Å². The smallest absolute Gasteiger partial charge is 0.264 e. The number of benzene rings is 3. The Bertz CT molecular complexity index is 1160. The van der Waals surface area contributed by atoms with E-state index in [1.807, 2.05) is 31.2 Å². The number of para-hydroxylation sites is 1. The van der Waals surface area contributed by atoms with Crippen molar-refractivity contribution in [3.63, 3.8) is 0 Å². The van der Waals surface area contributed by atoms with E-state index in [0.29, 0.717) is 22.8 Å². The topological polar surface area (TPSA) is 57.6 Å². The second-order valence-corrected chi connectivity index (χ2v) is 8.26. The van der Waals surface area contributed by atoms with Gasteiger partial charge >= 0.3 is 0 Å². The number of hydrogen-bond acceptors (Lipinski definition) is 3. The number of anilines is 1. The molecule has 4 nitrogen and oxygen atoms in total. The molecule has 30 heavy (non-hydrogen) atoms. The first-order chi connectivity index (χ1) is 14.3. The Morgan fingerprint density at radius 1 is 1.03 bits per heavy atom. The number of aryl methyl sites for hydroxylation is 1. The van der Waals surface area contributed by atoms with Crippen LogP contribution < -0.4 is 4.90 Å². The first-order valence-corrected chi connectivity index (χ1v) is 10.2. The number of ketones is 1. The number of carbonyl (C=O) groups is 2. The maximum atomic E-state index is 13.4. The molecule has 1 N–H and O–H groups in total. The molecule has 1 atom stereocenters. The van der Waals surface area contributed by atoms with Gasteiger partial charge in [0.25, 0.3) is 5.91 Å². The second kappa shape index (κ2) is 7.88. The number of nitrogens with zero attached hydrogens (tertiary/aromatic N) is 1. The van der Waals surface area contributed by atoms with Crippen LogP contribution in [0.3, 0.4) is 0 Å². The highest BCUT2D eigenvalue weighted by Crippen LogP contribution is 2.44. The third kappa shape index (κ3) is 3.52. The number of halogens is 2. The molecule has 0 unspecified atom stereocenters. The van der Waals surface area contributed by atoms with Crippen LogP contribution in [0, 0.1) is 6.92 Å². The number of amides is 1. The predicted octanol–water partition coefficient (Wildman–Crippen LogP) is 5.31. The van der Waals surface area contributed by atoms with Crippen LogP contribution in [0.4, 0.5) is 5.69 Å². The Balaban J connectivity index is 1.70. The Morgan fingerprint density at radius 3 is 2.47 bits per heavy atom. The first-order valence-electron chi connectivity index (χ1n) is 9.48. The van der Waals surface area contributed by atoms with E-state index in [9.17, 15) is 14.7 Å². The molecule has 0 saturated heterocycles. The zero-order valence-electron chi connectivity index (χ0n) is 16.2. The lowest BCUT2D eigenvalue weighted by Crippen LogP contribution is -2.41. The number of fused-ring (bicyclic) bond motifs is 1. The van der Waals surface area contributed by atoms with Gasteiger partial charge in [0, 0.05) is 16.1 Å². The zero-order valence-corrected chi connectivity index (χ0v) is 17.7. The molecule has 0 aromatic heterocycles. The third-order valence-electron chi connectivity index (χ3n) is 5.48. The van der Waals surface area contributed by atoms with E-state index in [4.69, 9.17) is 23.2 Å². The average Bonchev–Trinajstić information content (AvgIpc) is 2.91. The molecular formula is C24H19Cl2NO3. The van der Waals surface area contributed by atoms with E-state index in [1.54, 1.807) is 30.3 Å². The summed E-state index contributed by atoms with van der Waals surface area (Å²) in [7, 11) is 0. The summed E-state index contributed by atoms with van der Waals surface area (Å²) in [6, 6.07) is 19.3. The summed E-state index contributed by atoms with van der Waals surface area (Å²) >= 11 is 12.1. The number of aliphatic hydroxyl groups is 1. The van der Waals surface area contributed by atoms with Gasteiger partial charge in [0.05, 0.1) is 23.7 Å². The molecule has 0 spiro atoms. The fourth-order valence-electron chi connectivity index (χ4n) is 3.84. The molecule has 0 saturated carbocycles. The van der Waals surface area contributed by atoms with Crippen LogP contribution in [-0.4, -0.2) is 16.8 Å². The lowest BCUT2D eigenvalue weighted by atomic mass is 9.88. The number of hydrogen-bond donors (Lipinski definition) is 1. The van der Waals surface area contributed by atoms with Crippen LogP contribution in [0.25, 0.3) is 0 Å². The summed E-state index contributed by atoms with van der Waals surface area (Å²) < 4.78 is 0. The van der Waals surface area contributed by atoms with E-state index in [0.717, 1.165) is 11.1 Å². The third-order valence-corrected chi connectivity index (χ3v) is 6.02. The van der Waals surface area contributed by atoms with Crippen LogP contribution in [0.2, 0.25) is 10.0 Å². The minimum atomic E-state index is -1.96. The fraction of sp³-hybridized carbons (Fsp3) is 0.167. The lowest BCUT2D eigenvalue weighted by Gasteiger charge is -2.23. The van der Waals surface area contributed by atoms with E-state index >= 15 is 0 Å². The summed E-state index contributed by atoms with van der Waals surface area (Å²) in [4.78, 5) is 27.9. The molecule has 1 aliphatic rings. The summed E-state index contributed by atoms with van der Waals surface area (Å²) in [6.45, 7) is 2.28. The quantitative estimate of drug-likeness (QED) is 0.548. The predicted molar refractivity (Wildman–Crippen MR) is 118 cm³/mol. The zero-order chi connectivity index (χ0) is 21.5. The summed E-state index contributed by atoms with van der Waals surface area (Å²) in [6.07, 6.45) is -0.408. The average molecular weight is 440 g/mol. The van der Waals surface area contributed by atoms with Gasteiger partial charge in [0.1, 0.15) is 0 Å². The van der Waals surface area contributed by atoms with Crippen molar-refractivity contribution in [1.82, 2.24) is 0 Å². The van der Waals surface area contributed by atoms with Gasteiger partial charge in [0.2, 0.25) is 0 Å². The van der Waals surface area contributed by atoms with Crippen molar-refractivity contribution in [2.24, 2.45) is 0 Å². The molecule has 0 radical (unpaired) electrons. The highest BCUT2D eigenvalue weighted by atomic mass is 35.5. The lowest BCUT2D eigenvalue weighted by molar-refractivity contribution is -0.136. The van der Waals surface area contributed by atoms with Crippen LogP contribution in [0.1, 0.15) is 33.5 Å². The number of rotatable bonds is 5. The van der Waals surface area contributed by atoms with E-state index in [-0.39, 0.29) is 10.6 Å². The molecule has 3 aromatic carbocycles. The highest BCUT2D eigenvalue weighted by Gasteiger charge is 2.50. The van der Waals surface area contributed by atoms with Crippen molar-refractivity contribution in [1.29, 1.82) is 0 Å². The second-order valence-electron chi connectivity index (χ2n) is 7.42. The molecule has 0 bridgehead atoms. The van der Waals surface area contributed by atoms with E-state index < -0.39 is 23.7 Å². The first kappa shape index (κ1) is 20.6. The summed E-state index contributed by atoms with van der Waals surface area (Å²) in [5, 5.41) is 12.0. The standard InChI is InChI=1S/C24H19Cl2NO3/c1-15-6-2-3-7-16(15)14-27-21-9-5-4-8-19(21)24(30,23(27)29)13-22(28)18-11-10-17(25)12-20(18)26/h2-12,30H,13-14H2,1H3/t24-/m0/s1. The molecule has 4 rings (SSSR count). The van der Waals surface area contributed by atoms with Crippen molar-refractivity contribution in [3.05, 3.63) is 99.0 Å². The monoisotopic (exact) mass is 439 g/mol. The Morgan fingerprint density at radius 2 is 1.73 bits per heavy atom. The Hall–Kier alpha value is -2.66. The van der Waals surface area contributed by atoms with Crippen molar-refractivity contribution in [2.75, 3.05) is 4.90 Å². The van der Waals surface area contributed by atoms with Crippen molar-refractivity contribution >= 4 is 40.6 Å². The Kier molecular flexibility index (Phi) is 5.41. The van der Waals surface area contributed by atoms with Crippen molar-refractivity contribution in [3.8, 4) is 0 Å². The van der Waals surface area contributed by atoms with E-state index in [1.165, 1.54) is 17.0 Å². The molecule has 3 aromatic rings. The molecule has 1 heterocycles. The summed E-state index contributed by atoms with van der Waals surface area (Å²) in [5.41, 5.74) is 1.29. The molecule has 1 amide bonds. The fourth-order valence-corrected chi connectivity index (χ4v) is 4.35. The van der Waals surface area contributed by atoms with Gasteiger partial charge in [0.15, 0.2) is 11.4 Å². The van der Waals surface area contributed by atoms with Crippen molar-refractivity contribution < 1.29 is 14.7 Å². The largest absolute Gasteiger partial charge is 0.375 e. The van der Waals surface area contributed by atoms with Crippen LogP contribution in [0.5, 0.6) is 0 Å². The maximum Gasteiger partial charge on any atom is 0.264 e. The SMILES string of the molecule is Cc1ccccc1CN1C(=O)[C@](O)(CC(=O)c2ccc(Cl)cc2Cl)c2ccccc21.